The molecule has 1 atom stereocenters. The molecule has 0 fully saturated rings. The van der Waals surface area contributed by atoms with Crippen molar-refractivity contribution in [1.82, 2.24) is 0 Å². The van der Waals surface area contributed by atoms with Gasteiger partial charge in [0.15, 0.2) is 6.10 Å². The van der Waals surface area contributed by atoms with Crippen molar-refractivity contribution in [2.75, 3.05) is 5.32 Å². The van der Waals surface area contributed by atoms with E-state index in [1.165, 1.54) is 12.2 Å². The third-order valence-corrected chi connectivity index (χ3v) is 3.58. The predicted octanol–water partition coefficient (Wildman–Crippen LogP) is 3.93. The molecule has 1 amide bonds. The quantitative estimate of drug-likeness (QED) is 0.607. The van der Waals surface area contributed by atoms with E-state index in [1.54, 1.807) is 12.1 Å². The first-order valence-electron chi connectivity index (χ1n) is 7.67. The molecular formula is C18H15F3N2O4. The number of carbonyl (C=O) groups is 1. The Bertz CT molecular complexity index is 877. The van der Waals surface area contributed by atoms with Gasteiger partial charge in [0.25, 0.3) is 11.6 Å². The van der Waals surface area contributed by atoms with Gasteiger partial charge < -0.3 is 10.4 Å². The summed E-state index contributed by atoms with van der Waals surface area (Å²) in [5.74, 6) is -0.972. The number of aliphatic hydroxyl groups is 1. The zero-order valence-electron chi connectivity index (χ0n) is 14.0. The van der Waals surface area contributed by atoms with E-state index < -0.39 is 34.4 Å². The highest BCUT2D eigenvalue weighted by molar-refractivity contribution is 5.96. The summed E-state index contributed by atoms with van der Waals surface area (Å²) in [6, 6.07) is 9.26. The smallest absolute Gasteiger partial charge is 0.379 e. The maximum atomic E-state index is 12.9. The van der Waals surface area contributed by atoms with Crippen LogP contribution in [0.4, 0.5) is 24.5 Å². The average molecular weight is 380 g/mol. The molecule has 2 aromatic rings. The van der Waals surface area contributed by atoms with Gasteiger partial charge in [-0.15, -0.1) is 0 Å². The maximum absolute atomic E-state index is 12.9. The Morgan fingerprint density at radius 3 is 2.41 bits per heavy atom. The molecule has 0 saturated carbocycles. The van der Waals surface area contributed by atoms with E-state index in [1.807, 2.05) is 19.1 Å². The number of amides is 1. The summed E-state index contributed by atoms with van der Waals surface area (Å²) in [5.41, 5.74) is -1.18. The topological polar surface area (TPSA) is 92.5 Å². The van der Waals surface area contributed by atoms with Crippen LogP contribution >= 0.6 is 0 Å². The molecule has 27 heavy (non-hydrogen) atoms. The van der Waals surface area contributed by atoms with Crippen LogP contribution in [0, 0.1) is 17.0 Å². The number of hydrogen-bond donors (Lipinski definition) is 2. The molecule has 0 radical (unpaired) electrons. The van der Waals surface area contributed by atoms with Gasteiger partial charge in [0.1, 0.15) is 5.56 Å². The number of aryl methyl sites for hydroxylation is 1. The number of nitro benzene ring substituents is 1. The normalized spacial score (nSPS) is 12.8. The van der Waals surface area contributed by atoms with Gasteiger partial charge in [-0.25, -0.2) is 0 Å². The summed E-state index contributed by atoms with van der Waals surface area (Å²) < 4.78 is 38.8. The van der Waals surface area contributed by atoms with Crippen molar-refractivity contribution in [3.05, 3.63) is 75.3 Å². The van der Waals surface area contributed by atoms with E-state index in [0.717, 1.165) is 17.2 Å². The van der Waals surface area contributed by atoms with Crippen molar-refractivity contribution >= 4 is 23.4 Å². The lowest BCUT2D eigenvalue weighted by Gasteiger charge is -2.11. The van der Waals surface area contributed by atoms with Gasteiger partial charge >= 0.3 is 6.18 Å². The summed E-state index contributed by atoms with van der Waals surface area (Å²) in [6.45, 7) is 1.90. The highest BCUT2D eigenvalue weighted by Crippen LogP contribution is 2.37. The van der Waals surface area contributed by atoms with E-state index in [9.17, 15) is 33.2 Å². The second-order valence-corrected chi connectivity index (χ2v) is 5.69. The molecule has 0 unspecified atom stereocenters. The number of alkyl halides is 3. The Morgan fingerprint density at radius 1 is 1.22 bits per heavy atom. The Kier molecular flexibility index (Phi) is 5.96. The van der Waals surface area contributed by atoms with Gasteiger partial charge in [-0.3, -0.25) is 14.9 Å². The highest BCUT2D eigenvalue weighted by atomic mass is 19.4. The van der Waals surface area contributed by atoms with E-state index in [2.05, 4.69) is 5.32 Å². The van der Waals surface area contributed by atoms with Crippen LogP contribution in [0.25, 0.3) is 6.08 Å². The van der Waals surface area contributed by atoms with E-state index >= 15 is 0 Å². The number of nitrogens with zero attached hydrogens (tertiary/aromatic N) is 1. The van der Waals surface area contributed by atoms with Crippen molar-refractivity contribution in [3.8, 4) is 0 Å². The molecule has 2 aromatic carbocycles. The third-order valence-electron chi connectivity index (χ3n) is 3.58. The molecule has 2 rings (SSSR count). The first-order chi connectivity index (χ1) is 12.6. The standard InChI is InChI=1S/C18H15F3N2O4/c1-11-2-4-12(5-3-11)6-9-16(24)17(25)22-13-7-8-15(23(26)27)14(10-13)18(19,20)21/h2-10,16,24H,1H3,(H,22,25)/b9-6+/t16-/m0/s1. The van der Waals surface area contributed by atoms with E-state index in [0.29, 0.717) is 12.1 Å². The summed E-state index contributed by atoms with van der Waals surface area (Å²) >= 11 is 0. The minimum absolute atomic E-state index is 0.319. The molecule has 0 bridgehead atoms. The molecule has 2 N–H and O–H groups in total. The van der Waals surface area contributed by atoms with Gasteiger partial charge in [0.05, 0.1) is 4.92 Å². The summed E-state index contributed by atoms with van der Waals surface area (Å²) in [4.78, 5) is 21.5. The molecule has 6 nitrogen and oxygen atoms in total. The van der Waals surface area contributed by atoms with Gasteiger partial charge in [0, 0.05) is 11.8 Å². The Balaban J connectivity index is 2.14. The number of anilines is 1. The molecule has 0 spiro atoms. The molecule has 0 aliphatic rings. The fourth-order valence-corrected chi connectivity index (χ4v) is 2.18. The molecular weight excluding hydrogens is 365 g/mol. The first kappa shape index (κ1) is 20.1. The Hall–Kier alpha value is -3.20. The average Bonchev–Trinajstić information content (AvgIpc) is 2.60. The first-order valence-corrected chi connectivity index (χ1v) is 7.67. The number of benzene rings is 2. The lowest BCUT2D eigenvalue weighted by Crippen LogP contribution is -2.25. The van der Waals surface area contributed by atoms with Gasteiger partial charge in [0.2, 0.25) is 0 Å². The second kappa shape index (κ2) is 8.00. The third kappa shape index (κ3) is 5.38. The van der Waals surface area contributed by atoms with Crippen molar-refractivity contribution < 1.29 is 28.0 Å². The zero-order chi connectivity index (χ0) is 20.2. The van der Waals surface area contributed by atoms with Crippen molar-refractivity contribution in [2.24, 2.45) is 0 Å². The number of nitro groups is 1. The van der Waals surface area contributed by atoms with Gasteiger partial charge in [-0.1, -0.05) is 35.9 Å². The van der Waals surface area contributed by atoms with Crippen LogP contribution in [0.5, 0.6) is 0 Å². The maximum Gasteiger partial charge on any atom is 0.423 e. The van der Waals surface area contributed by atoms with Crippen LogP contribution < -0.4 is 5.32 Å². The Labute approximate surface area is 152 Å². The molecule has 142 valence electrons. The lowest BCUT2D eigenvalue weighted by atomic mass is 10.1. The van der Waals surface area contributed by atoms with Crippen molar-refractivity contribution in [2.45, 2.75) is 19.2 Å². The molecule has 0 aliphatic heterocycles. The number of aliphatic hydroxyl groups excluding tert-OH is 1. The fraction of sp³-hybridized carbons (Fsp3) is 0.167. The molecule has 9 heteroatoms. The summed E-state index contributed by atoms with van der Waals surface area (Å²) in [5, 5.41) is 22.7. The minimum atomic E-state index is -4.97. The Morgan fingerprint density at radius 2 is 1.85 bits per heavy atom. The number of halogens is 3. The van der Waals surface area contributed by atoms with E-state index in [-0.39, 0.29) is 5.69 Å². The van der Waals surface area contributed by atoms with Gasteiger partial charge in [-0.05, 0) is 30.7 Å². The zero-order valence-corrected chi connectivity index (χ0v) is 14.0. The van der Waals surface area contributed by atoms with Crippen LogP contribution in [0.15, 0.2) is 48.5 Å². The minimum Gasteiger partial charge on any atom is -0.379 e. The SMILES string of the molecule is Cc1ccc(/C=C/[C@H](O)C(=O)Nc2ccc([N+](=O)[O-])c(C(F)(F)F)c2)cc1. The molecule has 0 aliphatic carbocycles. The number of carbonyl (C=O) groups excluding carboxylic acids is 1. The predicted molar refractivity (Wildman–Crippen MR) is 92.9 cm³/mol. The molecule has 0 saturated heterocycles. The van der Waals surface area contributed by atoms with Gasteiger partial charge in [-0.2, -0.15) is 13.2 Å². The second-order valence-electron chi connectivity index (χ2n) is 5.69. The number of nitrogens with one attached hydrogen (secondary N) is 1. The largest absolute Gasteiger partial charge is 0.423 e. The molecule has 0 heterocycles. The summed E-state index contributed by atoms with van der Waals surface area (Å²) in [6.07, 6.45) is -3.92. The van der Waals surface area contributed by atoms with Crippen LogP contribution in [-0.4, -0.2) is 22.0 Å². The molecule has 0 aromatic heterocycles. The number of hydrogen-bond acceptors (Lipinski definition) is 4. The van der Waals surface area contributed by atoms with Crippen LogP contribution in [0.3, 0.4) is 0 Å². The monoisotopic (exact) mass is 380 g/mol. The highest BCUT2D eigenvalue weighted by Gasteiger charge is 2.38. The van der Waals surface area contributed by atoms with Crippen LogP contribution in [0.1, 0.15) is 16.7 Å². The van der Waals surface area contributed by atoms with Crippen LogP contribution in [-0.2, 0) is 11.0 Å². The van der Waals surface area contributed by atoms with Crippen LogP contribution in [0.2, 0.25) is 0 Å². The number of rotatable bonds is 5. The summed E-state index contributed by atoms with van der Waals surface area (Å²) in [7, 11) is 0. The van der Waals surface area contributed by atoms with E-state index in [4.69, 9.17) is 0 Å². The lowest BCUT2D eigenvalue weighted by molar-refractivity contribution is -0.388. The fourth-order valence-electron chi connectivity index (χ4n) is 2.18. The van der Waals surface area contributed by atoms with Crippen molar-refractivity contribution in [1.29, 1.82) is 0 Å². The van der Waals surface area contributed by atoms with Crippen molar-refractivity contribution in [3.63, 3.8) is 0 Å².